The molecule has 0 unspecified atom stereocenters. The van der Waals surface area contributed by atoms with Gasteiger partial charge < -0.3 is 14.5 Å². The van der Waals surface area contributed by atoms with Crippen LogP contribution < -0.4 is 5.32 Å². The molecular weight excluding hydrogens is 283 g/mol. The number of hydrogen-bond donors (Lipinski definition) is 1. The zero-order chi connectivity index (χ0) is 15.4. The molecule has 8 heteroatoms. The largest absolute Gasteiger partial charge is 0.463 e. The number of carbonyl (C=O) groups is 1. The second-order valence-corrected chi connectivity index (χ2v) is 4.04. The van der Waals surface area contributed by atoms with Gasteiger partial charge in [0.2, 0.25) is 5.76 Å². The number of ether oxygens (including phenoxy) is 1. The summed E-state index contributed by atoms with van der Waals surface area (Å²) in [6, 6.07) is 4.59. The molecule has 2 aromatic rings. The van der Waals surface area contributed by atoms with Crippen molar-refractivity contribution in [3.05, 3.63) is 57.8 Å². The third kappa shape index (κ3) is 3.16. The second kappa shape index (κ2) is 6.04. The number of rotatable bonds is 5. The van der Waals surface area contributed by atoms with Gasteiger partial charge in [0.05, 0.1) is 18.3 Å². The van der Waals surface area contributed by atoms with Gasteiger partial charge in [0.25, 0.3) is 5.69 Å². The third-order valence-electron chi connectivity index (χ3n) is 2.74. The molecule has 1 aromatic heterocycles. The molecule has 0 fully saturated rings. The molecule has 0 amide bonds. The maximum Gasteiger partial charge on any atom is 0.374 e. The third-order valence-corrected chi connectivity index (χ3v) is 2.74. The first-order chi connectivity index (χ1) is 10.0. The number of nitrogens with one attached hydrogen (secondary N) is 1. The lowest BCUT2D eigenvalue weighted by atomic mass is 10.2. The molecule has 2 rings (SSSR count). The van der Waals surface area contributed by atoms with Crippen LogP contribution in [0, 0.1) is 15.9 Å². The van der Waals surface area contributed by atoms with E-state index in [1.807, 2.05) is 0 Å². The summed E-state index contributed by atoms with van der Waals surface area (Å²) in [5, 5.41) is 13.6. The Balaban J connectivity index is 2.21. The number of nitro benzene ring substituents is 1. The van der Waals surface area contributed by atoms with Crippen LogP contribution in [-0.2, 0) is 11.3 Å². The summed E-state index contributed by atoms with van der Waals surface area (Å²) in [6.07, 6.45) is 1.29. The molecule has 0 bridgehead atoms. The highest BCUT2D eigenvalue weighted by atomic mass is 19.1. The zero-order valence-corrected chi connectivity index (χ0v) is 11.0. The van der Waals surface area contributed by atoms with Gasteiger partial charge in [0.15, 0.2) is 0 Å². The predicted octanol–water partition coefficient (Wildman–Crippen LogP) is 2.73. The first kappa shape index (κ1) is 14.5. The molecule has 1 N–H and O–H groups in total. The molecule has 0 aliphatic heterocycles. The Labute approximate surface area is 118 Å². The molecule has 0 saturated heterocycles. The van der Waals surface area contributed by atoms with Crippen molar-refractivity contribution in [2.45, 2.75) is 6.54 Å². The van der Waals surface area contributed by atoms with E-state index < -0.39 is 16.7 Å². The van der Waals surface area contributed by atoms with Crippen molar-refractivity contribution in [2.24, 2.45) is 0 Å². The van der Waals surface area contributed by atoms with Crippen LogP contribution in [0.15, 0.2) is 34.9 Å². The van der Waals surface area contributed by atoms with Crippen molar-refractivity contribution >= 4 is 17.3 Å². The number of carbonyl (C=O) groups excluding carboxylic acids is 1. The number of nitrogens with zero attached hydrogens (tertiary/aromatic N) is 1. The Morgan fingerprint density at radius 3 is 2.90 bits per heavy atom. The molecule has 1 aromatic carbocycles. The smallest absolute Gasteiger partial charge is 0.374 e. The minimum Gasteiger partial charge on any atom is -0.463 e. The van der Waals surface area contributed by atoms with Gasteiger partial charge in [0, 0.05) is 24.2 Å². The fourth-order valence-electron chi connectivity index (χ4n) is 1.75. The van der Waals surface area contributed by atoms with Gasteiger partial charge in [-0.3, -0.25) is 10.1 Å². The van der Waals surface area contributed by atoms with E-state index in [0.29, 0.717) is 5.56 Å². The van der Waals surface area contributed by atoms with Crippen LogP contribution in [0.5, 0.6) is 0 Å². The first-order valence-electron chi connectivity index (χ1n) is 5.85. The fraction of sp³-hybridized carbons (Fsp3) is 0.154. The molecule has 0 saturated carbocycles. The Morgan fingerprint density at radius 2 is 2.24 bits per heavy atom. The summed E-state index contributed by atoms with van der Waals surface area (Å²) in [5.41, 5.74) is 0.192. The Bertz CT molecular complexity index is 683. The van der Waals surface area contributed by atoms with Crippen molar-refractivity contribution in [1.82, 2.24) is 0 Å². The number of hydrogen-bond acceptors (Lipinski definition) is 6. The number of anilines is 1. The molecule has 0 spiro atoms. The van der Waals surface area contributed by atoms with Gasteiger partial charge in [-0.05, 0) is 12.1 Å². The van der Waals surface area contributed by atoms with Gasteiger partial charge in [-0.2, -0.15) is 0 Å². The molecule has 7 nitrogen and oxygen atoms in total. The number of methoxy groups -OCH3 is 1. The average Bonchev–Trinajstić information content (AvgIpc) is 2.92. The van der Waals surface area contributed by atoms with E-state index in [2.05, 4.69) is 10.1 Å². The summed E-state index contributed by atoms with van der Waals surface area (Å²) in [4.78, 5) is 21.7. The van der Waals surface area contributed by atoms with E-state index in [9.17, 15) is 19.3 Å². The van der Waals surface area contributed by atoms with Crippen molar-refractivity contribution in [3.8, 4) is 0 Å². The molecular formula is C13H11FN2O5. The molecule has 0 aliphatic rings. The van der Waals surface area contributed by atoms with Crippen LogP contribution in [-0.4, -0.2) is 18.0 Å². The minimum absolute atomic E-state index is 0.0101. The van der Waals surface area contributed by atoms with E-state index in [-0.39, 0.29) is 23.7 Å². The average molecular weight is 294 g/mol. The Morgan fingerprint density at radius 1 is 1.48 bits per heavy atom. The van der Waals surface area contributed by atoms with Crippen molar-refractivity contribution in [2.75, 3.05) is 12.4 Å². The van der Waals surface area contributed by atoms with Gasteiger partial charge >= 0.3 is 5.97 Å². The normalized spacial score (nSPS) is 10.2. The second-order valence-electron chi connectivity index (χ2n) is 4.04. The highest BCUT2D eigenvalue weighted by Gasteiger charge is 2.18. The highest BCUT2D eigenvalue weighted by Crippen LogP contribution is 2.26. The number of nitro groups is 1. The van der Waals surface area contributed by atoms with Gasteiger partial charge in [-0.25, -0.2) is 9.18 Å². The molecule has 0 aliphatic carbocycles. The summed E-state index contributed by atoms with van der Waals surface area (Å²) in [5.74, 6) is -1.28. The SMILES string of the molecule is COC(=O)c1occc1CNc1cc(F)ccc1[N+](=O)[O-]. The lowest BCUT2D eigenvalue weighted by molar-refractivity contribution is -0.384. The van der Waals surface area contributed by atoms with E-state index in [1.165, 1.54) is 19.4 Å². The van der Waals surface area contributed by atoms with Crippen LogP contribution in [0.25, 0.3) is 0 Å². The topological polar surface area (TPSA) is 94.6 Å². The lowest BCUT2D eigenvalue weighted by Gasteiger charge is -2.07. The van der Waals surface area contributed by atoms with Crippen LogP contribution in [0.4, 0.5) is 15.8 Å². The monoisotopic (exact) mass is 294 g/mol. The molecule has 110 valence electrons. The van der Waals surface area contributed by atoms with Crippen LogP contribution in [0.2, 0.25) is 0 Å². The highest BCUT2D eigenvalue weighted by molar-refractivity contribution is 5.87. The van der Waals surface area contributed by atoms with Crippen LogP contribution >= 0.6 is 0 Å². The molecule has 0 atom stereocenters. The van der Waals surface area contributed by atoms with Gasteiger partial charge in [-0.15, -0.1) is 0 Å². The van der Waals surface area contributed by atoms with Crippen LogP contribution in [0.1, 0.15) is 16.1 Å². The molecule has 0 radical (unpaired) electrons. The van der Waals surface area contributed by atoms with Crippen molar-refractivity contribution < 1.29 is 23.3 Å². The summed E-state index contributed by atoms with van der Waals surface area (Å²) in [6.45, 7) is 0.0469. The van der Waals surface area contributed by atoms with Crippen molar-refractivity contribution in [1.29, 1.82) is 0 Å². The molecule has 21 heavy (non-hydrogen) atoms. The molecule has 1 heterocycles. The maximum absolute atomic E-state index is 13.2. The Kier molecular flexibility index (Phi) is 4.17. The van der Waals surface area contributed by atoms with Crippen LogP contribution in [0.3, 0.4) is 0 Å². The fourth-order valence-corrected chi connectivity index (χ4v) is 1.75. The minimum atomic E-state index is -0.662. The number of furan rings is 1. The quantitative estimate of drug-likeness (QED) is 0.517. The predicted molar refractivity (Wildman–Crippen MR) is 70.4 cm³/mol. The summed E-state index contributed by atoms with van der Waals surface area (Å²) in [7, 11) is 1.21. The van der Waals surface area contributed by atoms with E-state index in [4.69, 9.17) is 4.42 Å². The van der Waals surface area contributed by atoms with E-state index >= 15 is 0 Å². The van der Waals surface area contributed by atoms with Gasteiger partial charge in [0.1, 0.15) is 11.5 Å². The van der Waals surface area contributed by atoms with E-state index in [0.717, 1.165) is 18.2 Å². The summed E-state index contributed by atoms with van der Waals surface area (Å²) < 4.78 is 22.7. The maximum atomic E-state index is 13.2. The van der Waals surface area contributed by atoms with Gasteiger partial charge in [-0.1, -0.05) is 0 Å². The zero-order valence-electron chi connectivity index (χ0n) is 11.0. The summed E-state index contributed by atoms with van der Waals surface area (Å²) >= 11 is 0. The number of halogens is 1. The first-order valence-corrected chi connectivity index (χ1v) is 5.85. The standard InChI is InChI=1S/C13H11FN2O5/c1-20-13(17)12-8(4-5-21-12)7-15-10-6-9(14)2-3-11(10)16(18)19/h2-6,15H,7H2,1H3. The number of benzene rings is 1. The lowest BCUT2D eigenvalue weighted by Crippen LogP contribution is -2.08. The Hall–Kier alpha value is -2.90. The number of esters is 1. The van der Waals surface area contributed by atoms with Crippen molar-refractivity contribution in [3.63, 3.8) is 0 Å². The van der Waals surface area contributed by atoms with E-state index in [1.54, 1.807) is 0 Å².